The summed E-state index contributed by atoms with van der Waals surface area (Å²) in [5.41, 5.74) is 1.60. The summed E-state index contributed by atoms with van der Waals surface area (Å²) < 4.78 is 3.46. The van der Waals surface area contributed by atoms with E-state index in [4.69, 9.17) is 0 Å². The number of phenolic OH excluding ortho intramolecular Hbond substituents is 1. The highest BCUT2D eigenvalue weighted by atomic mass is 16.3. The summed E-state index contributed by atoms with van der Waals surface area (Å²) in [6.07, 6.45) is 0. The van der Waals surface area contributed by atoms with Gasteiger partial charge in [0.1, 0.15) is 5.75 Å². The van der Waals surface area contributed by atoms with Crippen LogP contribution in [0.3, 0.4) is 0 Å². The van der Waals surface area contributed by atoms with Crippen LogP contribution in [0.5, 0.6) is 5.75 Å². The number of para-hydroxylation sites is 1. The summed E-state index contributed by atoms with van der Waals surface area (Å²) in [5.74, 6) is 0.131. The lowest BCUT2D eigenvalue weighted by molar-refractivity contribution is 0.482. The molecule has 1 N–H and O–H groups in total. The Morgan fingerprint density at radius 1 is 0.864 bits per heavy atom. The predicted molar refractivity (Wildman–Crippen MR) is 87.7 cm³/mol. The number of fused-ring (bicyclic) bond motifs is 3. The minimum atomic E-state index is -0.125. The number of benzene rings is 3. The van der Waals surface area contributed by atoms with Crippen LogP contribution in [-0.4, -0.2) is 14.5 Å². The zero-order valence-corrected chi connectivity index (χ0v) is 12.0. The molecule has 22 heavy (non-hydrogen) atoms. The Kier molecular flexibility index (Phi) is 2.60. The number of hydrogen-bond donors (Lipinski definition) is 1. The monoisotopic (exact) mass is 290 g/mol. The summed E-state index contributed by atoms with van der Waals surface area (Å²) in [5, 5.41) is 12.3. The summed E-state index contributed by atoms with van der Waals surface area (Å²) >= 11 is 0. The van der Waals surface area contributed by atoms with Gasteiger partial charge in [-0.2, -0.15) is 0 Å². The maximum Gasteiger partial charge on any atom is 0.274 e. The van der Waals surface area contributed by atoms with E-state index >= 15 is 0 Å². The van der Waals surface area contributed by atoms with Crippen LogP contribution >= 0.6 is 0 Å². The largest absolute Gasteiger partial charge is 0.507 e. The second-order valence-corrected chi connectivity index (χ2v) is 5.31. The molecular formula is C18H14N2O2. The van der Waals surface area contributed by atoms with Crippen LogP contribution in [0.4, 0.5) is 0 Å². The molecule has 0 aliphatic carbocycles. The third kappa shape index (κ3) is 1.61. The van der Waals surface area contributed by atoms with Gasteiger partial charge in [-0.3, -0.25) is 4.79 Å². The van der Waals surface area contributed by atoms with Gasteiger partial charge >= 0.3 is 0 Å². The van der Waals surface area contributed by atoms with Crippen molar-refractivity contribution in [3.8, 4) is 11.4 Å². The van der Waals surface area contributed by atoms with Crippen LogP contribution in [-0.2, 0) is 7.05 Å². The maximum atomic E-state index is 12.5. The Labute approximate surface area is 126 Å². The average molecular weight is 290 g/mol. The molecule has 1 heterocycles. The summed E-state index contributed by atoms with van der Waals surface area (Å²) in [6, 6.07) is 18.9. The van der Waals surface area contributed by atoms with E-state index in [1.165, 1.54) is 0 Å². The van der Waals surface area contributed by atoms with E-state index in [0.29, 0.717) is 5.39 Å². The van der Waals surface area contributed by atoms with Crippen LogP contribution in [0.2, 0.25) is 0 Å². The first-order valence-electron chi connectivity index (χ1n) is 7.06. The van der Waals surface area contributed by atoms with E-state index in [0.717, 1.165) is 22.0 Å². The first-order chi connectivity index (χ1) is 10.7. The van der Waals surface area contributed by atoms with E-state index in [9.17, 15) is 9.90 Å². The van der Waals surface area contributed by atoms with Crippen molar-refractivity contribution < 1.29 is 5.11 Å². The van der Waals surface area contributed by atoms with Gasteiger partial charge in [0.25, 0.3) is 5.56 Å². The molecule has 0 aliphatic rings. The third-order valence-corrected chi connectivity index (χ3v) is 4.03. The maximum absolute atomic E-state index is 12.5. The number of aromatic hydroxyl groups is 1. The number of rotatable bonds is 1. The van der Waals surface area contributed by atoms with Gasteiger partial charge in [-0.15, -0.1) is 0 Å². The highest BCUT2D eigenvalue weighted by Crippen LogP contribution is 2.32. The van der Waals surface area contributed by atoms with E-state index in [-0.39, 0.29) is 11.3 Å². The van der Waals surface area contributed by atoms with Crippen molar-refractivity contribution in [1.82, 2.24) is 9.36 Å². The predicted octanol–water partition coefficient (Wildman–Crippen LogP) is 3.19. The number of nitrogens with zero attached hydrogens (tertiary/aromatic N) is 2. The minimum Gasteiger partial charge on any atom is -0.507 e. The van der Waals surface area contributed by atoms with Crippen molar-refractivity contribution in [3.05, 3.63) is 71.0 Å². The van der Waals surface area contributed by atoms with E-state index in [1.807, 2.05) is 59.3 Å². The molecule has 4 nitrogen and oxygen atoms in total. The second kappa shape index (κ2) is 4.49. The number of hydrogen-bond acceptors (Lipinski definition) is 2. The van der Waals surface area contributed by atoms with Gasteiger partial charge < -0.3 is 5.11 Å². The molecule has 0 atom stereocenters. The third-order valence-electron chi connectivity index (χ3n) is 4.03. The van der Waals surface area contributed by atoms with Crippen LogP contribution < -0.4 is 5.56 Å². The lowest BCUT2D eigenvalue weighted by Gasteiger charge is -2.11. The van der Waals surface area contributed by atoms with E-state index < -0.39 is 0 Å². The van der Waals surface area contributed by atoms with E-state index in [1.54, 1.807) is 17.8 Å². The smallest absolute Gasteiger partial charge is 0.274 e. The van der Waals surface area contributed by atoms with Gasteiger partial charge in [-0.05, 0) is 18.2 Å². The molecule has 108 valence electrons. The van der Waals surface area contributed by atoms with E-state index in [2.05, 4.69) is 0 Å². The first-order valence-corrected chi connectivity index (χ1v) is 7.06. The highest BCUT2D eigenvalue weighted by Gasteiger charge is 2.16. The Morgan fingerprint density at radius 3 is 2.23 bits per heavy atom. The Morgan fingerprint density at radius 2 is 1.50 bits per heavy atom. The molecule has 0 radical (unpaired) electrons. The highest BCUT2D eigenvalue weighted by molar-refractivity contribution is 6.08. The molecule has 4 rings (SSSR count). The molecular weight excluding hydrogens is 276 g/mol. The molecule has 1 aromatic heterocycles. The van der Waals surface area contributed by atoms with Crippen molar-refractivity contribution in [2.75, 3.05) is 0 Å². The molecule has 4 aromatic rings. The zero-order chi connectivity index (χ0) is 15.3. The molecule has 0 saturated heterocycles. The summed E-state index contributed by atoms with van der Waals surface area (Å²) in [4.78, 5) is 12.5. The SMILES string of the molecule is Cn1c(=O)c2cc(O)c3ccccc3c2n1-c1ccccc1. The molecule has 0 fully saturated rings. The lowest BCUT2D eigenvalue weighted by atomic mass is 10.1. The van der Waals surface area contributed by atoms with Crippen LogP contribution in [0.15, 0.2) is 65.5 Å². The quantitative estimate of drug-likeness (QED) is 0.585. The van der Waals surface area contributed by atoms with Crippen molar-refractivity contribution in [1.29, 1.82) is 0 Å². The Bertz CT molecular complexity index is 1060. The molecule has 0 unspecified atom stereocenters. The van der Waals surface area contributed by atoms with Gasteiger partial charge in [-0.1, -0.05) is 42.5 Å². The molecule has 0 bridgehead atoms. The van der Waals surface area contributed by atoms with Crippen molar-refractivity contribution in [3.63, 3.8) is 0 Å². The molecule has 0 saturated carbocycles. The molecule has 3 aromatic carbocycles. The topological polar surface area (TPSA) is 47.2 Å². The van der Waals surface area contributed by atoms with Crippen LogP contribution in [0, 0.1) is 0 Å². The van der Waals surface area contributed by atoms with Gasteiger partial charge in [0.05, 0.1) is 16.6 Å². The van der Waals surface area contributed by atoms with Crippen molar-refractivity contribution >= 4 is 21.7 Å². The van der Waals surface area contributed by atoms with Gasteiger partial charge in [-0.25, -0.2) is 9.36 Å². The number of aromatic nitrogens is 2. The van der Waals surface area contributed by atoms with Gasteiger partial charge in [0.15, 0.2) is 0 Å². The van der Waals surface area contributed by atoms with Crippen molar-refractivity contribution in [2.45, 2.75) is 0 Å². The zero-order valence-electron chi connectivity index (χ0n) is 12.0. The van der Waals surface area contributed by atoms with Crippen LogP contribution in [0.1, 0.15) is 0 Å². The summed E-state index contributed by atoms with van der Waals surface area (Å²) in [6.45, 7) is 0. The average Bonchev–Trinajstić information content (AvgIpc) is 2.81. The molecule has 0 spiro atoms. The van der Waals surface area contributed by atoms with Crippen LogP contribution in [0.25, 0.3) is 27.4 Å². The Hall–Kier alpha value is -3.01. The second-order valence-electron chi connectivity index (χ2n) is 5.31. The Balaban J connectivity index is 2.29. The minimum absolute atomic E-state index is 0.125. The lowest BCUT2D eigenvalue weighted by Crippen LogP contribution is -2.17. The molecule has 0 aliphatic heterocycles. The van der Waals surface area contributed by atoms with Gasteiger partial charge in [0.2, 0.25) is 0 Å². The normalized spacial score (nSPS) is 11.3. The van der Waals surface area contributed by atoms with Gasteiger partial charge in [0, 0.05) is 17.8 Å². The fraction of sp³-hybridized carbons (Fsp3) is 0.0556. The molecule has 4 heteroatoms. The summed E-state index contributed by atoms with van der Waals surface area (Å²) in [7, 11) is 1.74. The first kappa shape index (κ1) is 12.7. The fourth-order valence-corrected chi connectivity index (χ4v) is 3.02. The standard InChI is InChI=1S/C18H14N2O2/c1-19-18(22)15-11-16(21)13-9-5-6-10-14(13)17(15)20(19)12-7-3-2-4-8-12/h2-11,21H,1H3. The molecule has 0 amide bonds. The van der Waals surface area contributed by atoms with Crippen molar-refractivity contribution in [2.24, 2.45) is 7.05 Å². The fourth-order valence-electron chi connectivity index (χ4n) is 3.02. The number of phenols is 1.